The summed E-state index contributed by atoms with van der Waals surface area (Å²) in [6.45, 7) is 4.14. The van der Waals surface area contributed by atoms with Crippen LogP contribution in [0.1, 0.15) is 58.8 Å². The Bertz CT molecular complexity index is 942. The van der Waals surface area contributed by atoms with E-state index in [-0.39, 0.29) is 16.8 Å². The molecule has 0 aliphatic carbocycles. The second-order valence-electron chi connectivity index (χ2n) is 7.11. The van der Waals surface area contributed by atoms with E-state index >= 15 is 0 Å². The number of benzene rings is 1. The average molecular weight is 388 g/mol. The number of aromatic nitrogens is 1. The second kappa shape index (κ2) is 7.78. The van der Waals surface area contributed by atoms with Crippen LogP contribution in [0.25, 0.3) is 0 Å². The van der Waals surface area contributed by atoms with Crippen LogP contribution in [-0.2, 0) is 10.0 Å². The first-order valence-corrected chi connectivity index (χ1v) is 10.7. The molecule has 7 heteroatoms. The largest absolute Gasteiger partial charge is 0.332 e. The van der Waals surface area contributed by atoms with Crippen molar-refractivity contribution in [3.05, 3.63) is 58.9 Å². The molecule has 1 aliphatic heterocycles. The summed E-state index contributed by atoms with van der Waals surface area (Å²) < 4.78 is 23.9. The first kappa shape index (κ1) is 19.5. The Morgan fingerprint density at radius 2 is 1.85 bits per heavy atom. The number of aryl methyl sites for hydroxylation is 1. The summed E-state index contributed by atoms with van der Waals surface area (Å²) in [6, 6.07) is 7.00. The van der Waals surface area contributed by atoms with Gasteiger partial charge in [0.1, 0.15) is 0 Å². The molecule has 1 aliphatic rings. The normalized spacial score (nSPS) is 18.2. The summed E-state index contributed by atoms with van der Waals surface area (Å²) >= 11 is 0. The van der Waals surface area contributed by atoms with E-state index in [1.807, 2.05) is 17.0 Å². The Morgan fingerprint density at radius 3 is 2.52 bits per heavy atom. The zero-order valence-corrected chi connectivity index (χ0v) is 16.5. The number of pyridine rings is 1. The first-order chi connectivity index (χ1) is 12.8. The standard InChI is InChI=1S/C20H25N3O3S/c1-14-12-17(13-19(15(14)2)27(21,25)26)20(24)23-11-5-3-4-6-18(23)16-7-9-22-10-8-16/h7-10,12-13,18H,3-6,11H2,1-2H3,(H2,21,25,26). The number of amides is 1. The van der Waals surface area contributed by atoms with Crippen LogP contribution in [0.4, 0.5) is 0 Å². The van der Waals surface area contributed by atoms with Crippen LogP contribution >= 0.6 is 0 Å². The van der Waals surface area contributed by atoms with Gasteiger partial charge in [0.15, 0.2) is 0 Å². The van der Waals surface area contributed by atoms with Crippen molar-refractivity contribution in [3.63, 3.8) is 0 Å². The minimum atomic E-state index is -3.89. The molecule has 1 atom stereocenters. The van der Waals surface area contributed by atoms with Crippen molar-refractivity contribution in [2.24, 2.45) is 5.14 Å². The molecule has 1 fully saturated rings. The Hall–Kier alpha value is -2.25. The number of hydrogen-bond donors (Lipinski definition) is 1. The van der Waals surface area contributed by atoms with Gasteiger partial charge >= 0.3 is 0 Å². The summed E-state index contributed by atoms with van der Waals surface area (Å²) in [7, 11) is -3.89. The number of carbonyl (C=O) groups excluding carboxylic acids is 1. The fourth-order valence-corrected chi connectivity index (χ4v) is 4.57. The van der Waals surface area contributed by atoms with E-state index < -0.39 is 10.0 Å². The summed E-state index contributed by atoms with van der Waals surface area (Å²) in [6.07, 6.45) is 7.39. The lowest BCUT2D eigenvalue weighted by Gasteiger charge is -2.31. The summed E-state index contributed by atoms with van der Waals surface area (Å²) in [5.41, 5.74) is 2.73. The van der Waals surface area contributed by atoms with Crippen molar-refractivity contribution >= 4 is 15.9 Å². The fraction of sp³-hybridized carbons (Fsp3) is 0.400. The lowest BCUT2D eigenvalue weighted by molar-refractivity contribution is 0.0680. The van der Waals surface area contributed by atoms with Gasteiger partial charge in [-0.15, -0.1) is 0 Å². The van der Waals surface area contributed by atoms with Gasteiger partial charge in [-0.05, 0) is 67.6 Å². The van der Waals surface area contributed by atoms with Crippen LogP contribution in [0, 0.1) is 13.8 Å². The molecule has 1 aromatic carbocycles. The molecule has 2 aromatic rings. The third kappa shape index (κ3) is 4.20. The van der Waals surface area contributed by atoms with E-state index in [2.05, 4.69) is 4.98 Å². The molecular formula is C20H25N3O3S. The molecule has 3 rings (SSSR count). The van der Waals surface area contributed by atoms with Crippen LogP contribution in [0.3, 0.4) is 0 Å². The van der Waals surface area contributed by atoms with Crippen molar-refractivity contribution in [1.29, 1.82) is 0 Å². The summed E-state index contributed by atoms with van der Waals surface area (Å²) in [4.78, 5) is 19.3. The van der Waals surface area contributed by atoms with Crippen LogP contribution in [0.15, 0.2) is 41.6 Å². The Kier molecular flexibility index (Phi) is 5.62. The van der Waals surface area contributed by atoms with Gasteiger partial charge in [-0.2, -0.15) is 0 Å². The van der Waals surface area contributed by atoms with Gasteiger partial charge in [-0.25, -0.2) is 13.6 Å². The topological polar surface area (TPSA) is 93.4 Å². The third-order valence-electron chi connectivity index (χ3n) is 5.28. The van der Waals surface area contributed by atoms with E-state index in [0.29, 0.717) is 17.7 Å². The molecule has 27 heavy (non-hydrogen) atoms. The Labute approximate surface area is 160 Å². The number of nitrogens with zero attached hydrogens (tertiary/aromatic N) is 2. The molecule has 0 radical (unpaired) electrons. The highest BCUT2D eigenvalue weighted by molar-refractivity contribution is 7.89. The van der Waals surface area contributed by atoms with Gasteiger partial charge in [0, 0.05) is 24.5 Å². The molecule has 1 aromatic heterocycles. The number of carbonyl (C=O) groups is 1. The second-order valence-corrected chi connectivity index (χ2v) is 8.64. The summed E-state index contributed by atoms with van der Waals surface area (Å²) in [5.74, 6) is -0.160. The monoisotopic (exact) mass is 387 g/mol. The molecule has 0 saturated carbocycles. The highest BCUT2D eigenvalue weighted by Gasteiger charge is 2.28. The number of rotatable bonds is 3. The molecule has 6 nitrogen and oxygen atoms in total. The average Bonchev–Trinajstić information content (AvgIpc) is 2.89. The van der Waals surface area contributed by atoms with E-state index in [9.17, 15) is 13.2 Å². The number of sulfonamides is 1. The molecule has 144 valence electrons. The Morgan fingerprint density at radius 1 is 1.15 bits per heavy atom. The molecule has 1 unspecified atom stereocenters. The number of primary sulfonamides is 1. The molecule has 0 bridgehead atoms. The van der Waals surface area contributed by atoms with Gasteiger partial charge in [0.25, 0.3) is 5.91 Å². The maximum atomic E-state index is 13.4. The Balaban J connectivity index is 2.03. The van der Waals surface area contributed by atoms with Crippen LogP contribution < -0.4 is 5.14 Å². The van der Waals surface area contributed by atoms with E-state index in [1.54, 1.807) is 32.3 Å². The lowest BCUT2D eigenvalue weighted by Crippen LogP contribution is -2.35. The maximum Gasteiger partial charge on any atom is 0.254 e. The quantitative estimate of drug-likeness (QED) is 0.876. The third-order valence-corrected chi connectivity index (χ3v) is 6.31. The lowest BCUT2D eigenvalue weighted by atomic mass is 10.00. The predicted octanol–water partition coefficient (Wildman–Crippen LogP) is 3.10. The maximum absolute atomic E-state index is 13.4. The highest BCUT2D eigenvalue weighted by Crippen LogP contribution is 2.32. The first-order valence-electron chi connectivity index (χ1n) is 9.14. The van der Waals surface area contributed by atoms with E-state index in [1.165, 1.54) is 6.07 Å². The molecular weight excluding hydrogens is 362 g/mol. The minimum absolute atomic E-state index is 0.0149. The molecule has 1 saturated heterocycles. The molecule has 2 heterocycles. The van der Waals surface area contributed by atoms with E-state index in [4.69, 9.17) is 5.14 Å². The van der Waals surface area contributed by atoms with Crippen molar-refractivity contribution in [2.75, 3.05) is 6.54 Å². The van der Waals surface area contributed by atoms with E-state index in [0.717, 1.165) is 36.8 Å². The minimum Gasteiger partial charge on any atom is -0.332 e. The van der Waals surface area contributed by atoms with Crippen LogP contribution in [0.5, 0.6) is 0 Å². The smallest absolute Gasteiger partial charge is 0.254 e. The number of hydrogen-bond acceptors (Lipinski definition) is 4. The van der Waals surface area contributed by atoms with Gasteiger partial charge in [-0.1, -0.05) is 12.8 Å². The number of nitrogens with two attached hydrogens (primary N) is 1. The van der Waals surface area contributed by atoms with Gasteiger partial charge in [-0.3, -0.25) is 9.78 Å². The predicted molar refractivity (Wildman–Crippen MR) is 104 cm³/mol. The van der Waals surface area contributed by atoms with Crippen LogP contribution in [-0.4, -0.2) is 30.8 Å². The number of likely N-dealkylation sites (tertiary alicyclic amines) is 1. The summed E-state index contributed by atoms with van der Waals surface area (Å²) in [5, 5.41) is 5.36. The molecule has 1 amide bonds. The van der Waals surface area contributed by atoms with Crippen molar-refractivity contribution in [2.45, 2.75) is 50.5 Å². The van der Waals surface area contributed by atoms with Crippen molar-refractivity contribution < 1.29 is 13.2 Å². The zero-order valence-electron chi connectivity index (χ0n) is 15.7. The van der Waals surface area contributed by atoms with Gasteiger partial charge in [0.2, 0.25) is 10.0 Å². The molecule has 2 N–H and O–H groups in total. The van der Waals surface area contributed by atoms with Crippen LogP contribution in [0.2, 0.25) is 0 Å². The van der Waals surface area contributed by atoms with Gasteiger partial charge in [0.05, 0.1) is 10.9 Å². The highest BCUT2D eigenvalue weighted by atomic mass is 32.2. The zero-order chi connectivity index (χ0) is 19.6. The molecule has 0 spiro atoms. The van der Waals surface area contributed by atoms with Crippen molar-refractivity contribution in [1.82, 2.24) is 9.88 Å². The fourth-order valence-electron chi connectivity index (χ4n) is 3.70. The SMILES string of the molecule is Cc1cc(C(=O)N2CCCCCC2c2ccncc2)cc(S(N)(=O)=O)c1C. The van der Waals surface area contributed by atoms with Gasteiger partial charge < -0.3 is 4.90 Å². The van der Waals surface area contributed by atoms with Crippen molar-refractivity contribution in [3.8, 4) is 0 Å².